The fourth-order valence-corrected chi connectivity index (χ4v) is 4.34. The lowest BCUT2D eigenvalue weighted by Gasteiger charge is -2.28. The molecule has 0 aliphatic heterocycles. The minimum atomic E-state index is 0.285. The molecule has 0 saturated heterocycles. The zero-order valence-electron chi connectivity index (χ0n) is 32.1. The van der Waals surface area contributed by atoms with Crippen molar-refractivity contribution in [3.8, 4) is 0 Å². The Kier molecular flexibility index (Phi) is 29.0. The molecule has 1 aliphatic carbocycles. The summed E-state index contributed by atoms with van der Waals surface area (Å²) < 4.78 is 14.4. The Morgan fingerprint density at radius 1 is 1.15 bits per heavy atom. The van der Waals surface area contributed by atoms with E-state index in [9.17, 15) is 5.11 Å². The number of hydrogen-bond acceptors (Lipinski definition) is 10. The van der Waals surface area contributed by atoms with Crippen LogP contribution >= 0.6 is 20.3 Å². The predicted molar refractivity (Wildman–Crippen MR) is 216 cm³/mol. The van der Waals surface area contributed by atoms with Crippen LogP contribution in [0.4, 0.5) is 11.6 Å². The third-order valence-corrected chi connectivity index (χ3v) is 8.06. The highest BCUT2D eigenvalue weighted by Crippen LogP contribution is 2.28. The number of nitrogens with one attached hydrogen (secondary N) is 3. The lowest BCUT2D eigenvalue weighted by molar-refractivity contribution is 0.351. The van der Waals surface area contributed by atoms with Gasteiger partial charge in [0.1, 0.15) is 23.1 Å². The van der Waals surface area contributed by atoms with E-state index in [0.717, 1.165) is 73.4 Å². The Labute approximate surface area is 299 Å². The number of allylic oxidation sites excluding steroid dienone is 5. The standard InChI is InChI=1S/C27H37N7O2S.C4H11P.3C2H6/c1-6-25(28-7-2)29-15-16-34(8-3)20(5)23-12-10-9-11-21(17-24(23)35)31-27-26(32-37-33-27)30-18-22-14-13-19(4)36-22;1-4(2)5-3;3*1-2/h6-7,9-11,13-14,29,35H,5,8,12,15-18H2,1-4H3,(H,30,32)(H,31,33);4-5H,1-3H3;3*1-2H3/b10-9?,21-11+,24-23-,25-6+,28-7-;;;;. The summed E-state index contributed by atoms with van der Waals surface area (Å²) in [6, 6.07) is 3.86. The van der Waals surface area contributed by atoms with Gasteiger partial charge in [0.15, 0.2) is 11.6 Å². The van der Waals surface area contributed by atoms with Crippen LogP contribution < -0.4 is 16.0 Å². The van der Waals surface area contributed by atoms with Gasteiger partial charge in [-0.25, -0.2) is 4.99 Å². The van der Waals surface area contributed by atoms with Crippen LogP contribution in [0.25, 0.3) is 0 Å². The van der Waals surface area contributed by atoms with Crippen LogP contribution in [0.5, 0.6) is 0 Å². The second-order valence-electron chi connectivity index (χ2n) is 9.84. The quantitative estimate of drug-likeness (QED) is 0.114. The monoisotopic (exact) mass is 703 g/mol. The van der Waals surface area contributed by atoms with Gasteiger partial charge in [0, 0.05) is 49.2 Å². The maximum Gasteiger partial charge on any atom is 0.188 e. The molecular weight excluding hydrogens is 637 g/mol. The summed E-state index contributed by atoms with van der Waals surface area (Å²) >= 11 is 1.12. The Hall–Kier alpha value is -3.36. The fraction of sp³-hybridized carbons (Fsp3) is 0.541. The number of aliphatic hydroxyl groups is 1. The van der Waals surface area contributed by atoms with Gasteiger partial charge in [-0.15, -0.1) is 8.58 Å². The molecule has 1 unspecified atom stereocenters. The highest BCUT2D eigenvalue weighted by molar-refractivity contribution is 7.37. The number of nitrogens with zero attached hydrogens (tertiary/aromatic N) is 4. The third-order valence-electron chi connectivity index (χ3n) is 6.37. The number of likely N-dealkylation sites (N-methyl/N-ethyl adjacent to an activating group) is 1. The minimum Gasteiger partial charge on any atom is -0.512 e. The second-order valence-corrected chi connectivity index (χ2v) is 12.1. The van der Waals surface area contributed by atoms with Crippen molar-refractivity contribution in [3.63, 3.8) is 0 Å². The fourth-order valence-electron chi connectivity index (χ4n) is 3.85. The van der Waals surface area contributed by atoms with Crippen molar-refractivity contribution < 1.29 is 9.52 Å². The van der Waals surface area contributed by atoms with Gasteiger partial charge in [-0.1, -0.05) is 74.1 Å². The molecule has 0 fully saturated rings. The molecule has 2 heterocycles. The molecule has 0 bridgehead atoms. The summed E-state index contributed by atoms with van der Waals surface area (Å²) in [6.45, 7) is 33.6. The lowest BCUT2D eigenvalue weighted by atomic mass is 10.0. The molecule has 9 nitrogen and oxygen atoms in total. The van der Waals surface area contributed by atoms with Crippen molar-refractivity contribution in [3.05, 3.63) is 83.1 Å². The third kappa shape index (κ3) is 18.8. The van der Waals surface area contributed by atoms with Crippen LogP contribution in [0.2, 0.25) is 0 Å². The Balaban J connectivity index is 0. The zero-order chi connectivity index (χ0) is 36.9. The second kappa shape index (κ2) is 29.8. The maximum absolute atomic E-state index is 11.1. The summed E-state index contributed by atoms with van der Waals surface area (Å²) in [7, 11) is 1.11. The minimum absolute atomic E-state index is 0.285. The van der Waals surface area contributed by atoms with E-state index >= 15 is 0 Å². The topological polar surface area (TPSA) is 111 Å². The van der Waals surface area contributed by atoms with Crippen molar-refractivity contribution in [2.75, 3.05) is 36.9 Å². The number of aryl methyl sites for hydroxylation is 1. The van der Waals surface area contributed by atoms with E-state index in [2.05, 4.69) is 68.6 Å². The van der Waals surface area contributed by atoms with E-state index in [1.807, 2.05) is 98.8 Å². The molecule has 0 radical (unpaired) electrons. The van der Waals surface area contributed by atoms with Gasteiger partial charge >= 0.3 is 0 Å². The SMILES string of the molecule is C=C(/C1=C(\O)C/C(Nc2nsnc2NCc2ccc(C)o2)=C\C=CC1)N(CC)CCNC(=C/C)/N=C\C.CC.CC.CC.CPC(C)C. The number of hydrogen-bond donors (Lipinski definition) is 4. The van der Waals surface area contributed by atoms with E-state index < -0.39 is 0 Å². The highest BCUT2D eigenvalue weighted by atomic mass is 32.1. The molecule has 1 aliphatic rings. The van der Waals surface area contributed by atoms with Gasteiger partial charge in [0.25, 0.3) is 0 Å². The summed E-state index contributed by atoms with van der Waals surface area (Å²) in [5, 5.41) is 21.0. The molecule has 0 saturated carbocycles. The van der Waals surface area contributed by atoms with Gasteiger partial charge in [-0.3, -0.25) is 0 Å². The van der Waals surface area contributed by atoms with Crippen molar-refractivity contribution in [2.24, 2.45) is 4.99 Å². The average Bonchev–Trinajstić information content (AvgIpc) is 3.74. The van der Waals surface area contributed by atoms with E-state index in [0.29, 0.717) is 37.6 Å². The molecule has 1 atom stereocenters. The molecule has 2 aromatic rings. The van der Waals surface area contributed by atoms with Crippen LogP contribution in [0.3, 0.4) is 0 Å². The number of aromatic nitrogens is 2. The molecular formula is C37H66N7O2PS. The molecule has 11 heteroatoms. The first-order valence-electron chi connectivity index (χ1n) is 17.4. The summed E-state index contributed by atoms with van der Waals surface area (Å²) in [5.41, 5.74) is 3.37. The molecule has 0 amide bonds. The highest BCUT2D eigenvalue weighted by Gasteiger charge is 2.18. The largest absolute Gasteiger partial charge is 0.512 e. The normalized spacial score (nSPS) is 15.3. The van der Waals surface area contributed by atoms with Crippen LogP contribution in [0.15, 0.2) is 81.0 Å². The van der Waals surface area contributed by atoms with E-state index in [4.69, 9.17) is 4.42 Å². The molecule has 4 N–H and O–H groups in total. The Bertz CT molecular complexity index is 1280. The Morgan fingerprint density at radius 2 is 1.79 bits per heavy atom. The van der Waals surface area contributed by atoms with Crippen molar-refractivity contribution in [1.82, 2.24) is 19.0 Å². The first kappa shape index (κ1) is 46.8. The van der Waals surface area contributed by atoms with Gasteiger partial charge in [0.2, 0.25) is 0 Å². The van der Waals surface area contributed by atoms with Crippen LogP contribution in [0.1, 0.15) is 101 Å². The summed E-state index contributed by atoms with van der Waals surface area (Å²) in [6.07, 6.45) is 10.6. The van der Waals surface area contributed by atoms with Crippen LogP contribution in [-0.4, -0.2) is 56.9 Å². The number of anilines is 2. The zero-order valence-corrected chi connectivity index (χ0v) is 33.9. The molecule has 2 aromatic heterocycles. The first-order chi connectivity index (χ1) is 23.2. The van der Waals surface area contributed by atoms with Crippen LogP contribution in [0, 0.1) is 6.92 Å². The summed E-state index contributed by atoms with van der Waals surface area (Å²) in [4.78, 5) is 6.47. The Morgan fingerprint density at radius 3 is 2.33 bits per heavy atom. The van der Waals surface area contributed by atoms with E-state index in [1.54, 1.807) is 6.21 Å². The van der Waals surface area contributed by atoms with E-state index in [1.165, 1.54) is 0 Å². The summed E-state index contributed by atoms with van der Waals surface area (Å²) in [5.74, 6) is 4.06. The van der Waals surface area contributed by atoms with Gasteiger partial charge < -0.3 is 30.4 Å². The number of furan rings is 1. The lowest BCUT2D eigenvalue weighted by Crippen LogP contribution is -2.31. The van der Waals surface area contributed by atoms with Crippen molar-refractivity contribution in [2.45, 2.75) is 108 Å². The molecule has 0 spiro atoms. The van der Waals surface area contributed by atoms with Gasteiger partial charge in [-0.05, 0) is 70.7 Å². The molecule has 272 valence electrons. The smallest absolute Gasteiger partial charge is 0.188 e. The number of rotatable bonds is 14. The molecule has 0 aromatic carbocycles. The van der Waals surface area contributed by atoms with Gasteiger partial charge in [-0.2, -0.15) is 8.75 Å². The van der Waals surface area contributed by atoms with E-state index in [-0.39, 0.29) is 5.76 Å². The molecule has 48 heavy (non-hydrogen) atoms. The predicted octanol–water partition coefficient (Wildman–Crippen LogP) is 10.7. The van der Waals surface area contributed by atoms with Gasteiger partial charge in [0.05, 0.1) is 18.3 Å². The maximum atomic E-state index is 11.1. The van der Waals surface area contributed by atoms with Crippen molar-refractivity contribution >= 4 is 38.2 Å². The first-order valence-corrected chi connectivity index (χ1v) is 19.7. The molecule has 3 rings (SSSR count). The average molecular weight is 704 g/mol. The van der Waals surface area contributed by atoms with Crippen LogP contribution in [-0.2, 0) is 6.54 Å². The number of aliphatic hydroxyl groups excluding tert-OH is 1. The number of aliphatic imine (C=N–C) groups is 1. The van der Waals surface area contributed by atoms with Crippen molar-refractivity contribution in [1.29, 1.82) is 0 Å².